The van der Waals surface area contributed by atoms with Crippen LogP contribution in [0.5, 0.6) is 0 Å². The average Bonchev–Trinajstić information content (AvgIpc) is 2.93. The molecule has 0 aromatic heterocycles. The van der Waals surface area contributed by atoms with Crippen LogP contribution < -0.4 is 5.73 Å². The summed E-state index contributed by atoms with van der Waals surface area (Å²) in [6.45, 7) is 5.54. The fourth-order valence-electron chi connectivity index (χ4n) is 3.36. The Labute approximate surface area is 135 Å². The van der Waals surface area contributed by atoms with Gasteiger partial charge in [-0.15, -0.1) is 0 Å². The number of aliphatic hydroxyl groups excluding tert-OH is 1. The van der Waals surface area contributed by atoms with E-state index in [0.29, 0.717) is 13.0 Å². The molecule has 2 heterocycles. The molecule has 2 aliphatic rings. The van der Waals surface area contributed by atoms with Gasteiger partial charge in [0.1, 0.15) is 11.6 Å². The number of carbonyl (C=O) groups is 3. The number of nitrogens with two attached hydrogens (primary N) is 1. The summed E-state index contributed by atoms with van der Waals surface area (Å²) < 4.78 is 5.43. The van der Waals surface area contributed by atoms with E-state index in [9.17, 15) is 19.5 Å². The minimum atomic E-state index is -1.05. The van der Waals surface area contributed by atoms with Gasteiger partial charge in [0.2, 0.25) is 11.8 Å². The van der Waals surface area contributed by atoms with Crippen molar-refractivity contribution >= 4 is 17.9 Å². The van der Waals surface area contributed by atoms with Crippen LogP contribution in [0.3, 0.4) is 0 Å². The Hall–Kier alpha value is -1.83. The number of nitrogens with zero attached hydrogens (tertiary/aromatic N) is 2. The second kappa shape index (κ2) is 5.99. The van der Waals surface area contributed by atoms with E-state index in [1.807, 2.05) is 0 Å². The van der Waals surface area contributed by atoms with Gasteiger partial charge in [0.25, 0.3) is 0 Å². The number of likely N-dealkylation sites (tertiary alicyclic amines) is 2. The first kappa shape index (κ1) is 17.5. The van der Waals surface area contributed by atoms with Crippen LogP contribution in [-0.4, -0.2) is 69.7 Å². The molecule has 3 N–H and O–H groups in total. The summed E-state index contributed by atoms with van der Waals surface area (Å²) in [6.07, 6.45) is 1.09. The van der Waals surface area contributed by atoms with Crippen LogP contribution in [0.15, 0.2) is 0 Å². The Morgan fingerprint density at radius 2 is 2.09 bits per heavy atom. The molecule has 0 bridgehead atoms. The van der Waals surface area contributed by atoms with Gasteiger partial charge in [-0.2, -0.15) is 0 Å². The third-order valence-electron chi connectivity index (χ3n) is 4.35. The molecular weight excluding hydrogens is 302 g/mol. The van der Waals surface area contributed by atoms with Crippen molar-refractivity contribution in [1.29, 1.82) is 0 Å². The topological polar surface area (TPSA) is 113 Å². The maximum absolute atomic E-state index is 12.4. The molecule has 3 amide bonds. The van der Waals surface area contributed by atoms with E-state index < -0.39 is 35.8 Å². The van der Waals surface area contributed by atoms with Gasteiger partial charge < -0.3 is 25.4 Å². The first-order valence-electron chi connectivity index (χ1n) is 7.80. The number of hydrogen-bond donors (Lipinski definition) is 2. The molecule has 8 nitrogen and oxygen atoms in total. The molecule has 0 aromatic rings. The predicted octanol–water partition coefficient (Wildman–Crippen LogP) is -0.165. The van der Waals surface area contributed by atoms with E-state index in [0.717, 1.165) is 6.42 Å². The lowest BCUT2D eigenvalue weighted by atomic mass is 9.95. The summed E-state index contributed by atoms with van der Waals surface area (Å²) >= 11 is 0. The fourth-order valence-corrected chi connectivity index (χ4v) is 3.36. The Morgan fingerprint density at radius 1 is 1.43 bits per heavy atom. The quantitative estimate of drug-likeness (QED) is 0.747. The van der Waals surface area contributed by atoms with Crippen LogP contribution >= 0.6 is 0 Å². The zero-order chi connectivity index (χ0) is 17.4. The number of hydrogen-bond acceptors (Lipinski definition) is 5. The monoisotopic (exact) mass is 327 g/mol. The molecule has 130 valence electrons. The van der Waals surface area contributed by atoms with E-state index in [-0.39, 0.29) is 18.9 Å². The van der Waals surface area contributed by atoms with Crippen LogP contribution in [0.25, 0.3) is 0 Å². The number of rotatable bonds is 3. The van der Waals surface area contributed by atoms with Crippen LogP contribution in [0, 0.1) is 0 Å². The Morgan fingerprint density at radius 3 is 2.61 bits per heavy atom. The smallest absolute Gasteiger partial charge is 0.410 e. The van der Waals surface area contributed by atoms with Crippen LogP contribution in [0.1, 0.15) is 40.0 Å². The minimum absolute atomic E-state index is 0.121. The van der Waals surface area contributed by atoms with Crippen molar-refractivity contribution in [3.05, 3.63) is 0 Å². The van der Waals surface area contributed by atoms with Gasteiger partial charge in [-0.3, -0.25) is 9.59 Å². The number of amides is 3. The van der Waals surface area contributed by atoms with Crippen LogP contribution in [0.4, 0.5) is 4.79 Å². The molecule has 1 spiro atoms. The van der Waals surface area contributed by atoms with Crippen molar-refractivity contribution in [1.82, 2.24) is 9.80 Å². The van der Waals surface area contributed by atoms with E-state index >= 15 is 0 Å². The van der Waals surface area contributed by atoms with Crippen molar-refractivity contribution < 1.29 is 24.2 Å². The summed E-state index contributed by atoms with van der Waals surface area (Å²) in [7, 11) is 0. The van der Waals surface area contributed by atoms with Gasteiger partial charge in [-0.05, 0) is 33.6 Å². The molecule has 2 rings (SSSR count). The molecule has 2 aliphatic heterocycles. The molecule has 23 heavy (non-hydrogen) atoms. The van der Waals surface area contributed by atoms with Gasteiger partial charge in [0.15, 0.2) is 0 Å². The lowest BCUT2D eigenvalue weighted by Crippen LogP contribution is -2.53. The maximum atomic E-state index is 12.4. The predicted molar refractivity (Wildman–Crippen MR) is 81.3 cm³/mol. The number of aliphatic hydroxyl groups is 1. The summed E-state index contributed by atoms with van der Waals surface area (Å²) in [5.41, 5.74) is 3.96. The van der Waals surface area contributed by atoms with Crippen LogP contribution in [0.2, 0.25) is 0 Å². The van der Waals surface area contributed by atoms with Crippen molar-refractivity contribution in [2.24, 2.45) is 5.73 Å². The van der Waals surface area contributed by atoms with Gasteiger partial charge in [-0.1, -0.05) is 0 Å². The Balaban J connectivity index is 2.20. The first-order valence-corrected chi connectivity index (χ1v) is 7.80. The Bertz CT molecular complexity index is 516. The highest BCUT2D eigenvalue weighted by Gasteiger charge is 2.54. The zero-order valence-electron chi connectivity index (χ0n) is 13.9. The lowest BCUT2D eigenvalue weighted by Gasteiger charge is -2.36. The fraction of sp³-hybridized carbons (Fsp3) is 0.800. The van der Waals surface area contributed by atoms with E-state index in [1.165, 1.54) is 4.90 Å². The van der Waals surface area contributed by atoms with E-state index in [4.69, 9.17) is 10.5 Å². The summed E-state index contributed by atoms with van der Waals surface area (Å²) in [6, 6.07) is -1.05. The van der Waals surface area contributed by atoms with Crippen molar-refractivity contribution in [2.75, 3.05) is 19.7 Å². The highest BCUT2D eigenvalue weighted by Crippen LogP contribution is 2.39. The first-order chi connectivity index (χ1) is 10.6. The second-order valence-electron chi connectivity index (χ2n) is 7.26. The molecule has 2 unspecified atom stereocenters. The van der Waals surface area contributed by atoms with E-state index in [2.05, 4.69) is 0 Å². The van der Waals surface area contributed by atoms with Gasteiger partial charge in [0.05, 0.1) is 18.6 Å². The standard InChI is InChI=1S/C15H25N3O5/c1-14(2,3)23-13(22)18-6-4-5-15(18)7-11(20)17(9-15)10(8-19)12(16)21/h10,19H,4-9H2,1-3H3,(H2,16,21). The molecule has 2 saturated heterocycles. The van der Waals surface area contributed by atoms with Gasteiger partial charge in [-0.25, -0.2) is 4.79 Å². The van der Waals surface area contributed by atoms with Gasteiger partial charge >= 0.3 is 6.09 Å². The average molecular weight is 327 g/mol. The molecule has 2 fully saturated rings. The summed E-state index contributed by atoms with van der Waals surface area (Å²) in [4.78, 5) is 39.1. The Kier molecular flexibility index (Phi) is 4.57. The molecule has 0 saturated carbocycles. The van der Waals surface area contributed by atoms with E-state index in [1.54, 1.807) is 25.7 Å². The normalized spacial score (nSPS) is 26.0. The van der Waals surface area contributed by atoms with Crippen molar-refractivity contribution in [3.8, 4) is 0 Å². The minimum Gasteiger partial charge on any atom is -0.444 e. The number of ether oxygens (including phenoxy) is 1. The molecular formula is C15H25N3O5. The molecule has 0 aromatic carbocycles. The largest absolute Gasteiger partial charge is 0.444 e. The molecule has 0 radical (unpaired) electrons. The van der Waals surface area contributed by atoms with Crippen LogP contribution in [-0.2, 0) is 14.3 Å². The highest BCUT2D eigenvalue weighted by molar-refractivity contribution is 5.89. The number of primary amides is 1. The zero-order valence-corrected chi connectivity index (χ0v) is 13.9. The number of carbonyl (C=O) groups excluding carboxylic acids is 3. The molecule has 8 heteroatoms. The second-order valence-corrected chi connectivity index (χ2v) is 7.26. The molecule has 0 aliphatic carbocycles. The highest BCUT2D eigenvalue weighted by atomic mass is 16.6. The lowest BCUT2D eigenvalue weighted by molar-refractivity contribution is -0.137. The van der Waals surface area contributed by atoms with Crippen molar-refractivity contribution in [2.45, 2.75) is 57.2 Å². The molecule has 2 atom stereocenters. The van der Waals surface area contributed by atoms with Crippen molar-refractivity contribution in [3.63, 3.8) is 0 Å². The SMILES string of the molecule is CC(C)(C)OC(=O)N1CCCC12CC(=O)N(C(CO)C(N)=O)C2. The third kappa shape index (κ3) is 3.41. The summed E-state index contributed by atoms with van der Waals surface area (Å²) in [5, 5.41) is 9.33. The van der Waals surface area contributed by atoms with Gasteiger partial charge in [0, 0.05) is 13.1 Å². The third-order valence-corrected chi connectivity index (χ3v) is 4.35. The maximum Gasteiger partial charge on any atom is 0.410 e. The summed E-state index contributed by atoms with van der Waals surface area (Å²) in [5.74, 6) is -1.03.